The van der Waals surface area contributed by atoms with E-state index in [-0.39, 0.29) is 0 Å². The van der Waals surface area contributed by atoms with Gasteiger partial charge in [-0.1, -0.05) is 0 Å². The fourth-order valence-corrected chi connectivity index (χ4v) is 3.47. The number of hydrogen-bond donors (Lipinski definition) is 2. The summed E-state index contributed by atoms with van der Waals surface area (Å²) < 4.78 is 11.8. The van der Waals surface area contributed by atoms with E-state index in [4.69, 9.17) is 9.15 Å². The van der Waals surface area contributed by atoms with Gasteiger partial charge in [0.15, 0.2) is 17.3 Å². The van der Waals surface area contributed by atoms with Gasteiger partial charge in [0, 0.05) is 31.8 Å². The summed E-state index contributed by atoms with van der Waals surface area (Å²) in [6.45, 7) is 3.64. The van der Waals surface area contributed by atoms with Crippen LogP contribution in [-0.2, 0) is 0 Å². The molecule has 4 heterocycles. The average Bonchev–Trinajstić information content (AvgIpc) is 3.42. The van der Waals surface area contributed by atoms with Gasteiger partial charge in [0.1, 0.15) is 29.0 Å². The van der Waals surface area contributed by atoms with Gasteiger partial charge in [-0.25, -0.2) is 19.9 Å². The van der Waals surface area contributed by atoms with Crippen molar-refractivity contribution in [3.05, 3.63) is 48.9 Å². The second-order valence-electron chi connectivity index (χ2n) is 7.15. The summed E-state index contributed by atoms with van der Waals surface area (Å²) >= 11 is 0. The van der Waals surface area contributed by atoms with Crippen LogP contribution < -0.4 is 15.4 Å². The van der Waals surface area contributed by atoms with Gasteiger partial charge in [-0.3, -0.25) is 0 Å². The van der Waals surface area contributed by atoms with E-state index in [1.165, 1.54) is 12.7 Å². The zero-order chi connectivity index (χ0) is 20.3. The van der Waals surface area contributed by atoms with E-state index in [0.717, 1.165) is 30.7 Å². The molecule has 0 amide bonds. The summed E-state index contributed by atoms with van der Waals surface area (Å²) in [5.74, 6) is 2.11. The van der Waals surface area contributed by atoms with Crippen LogP contribution >= 0.6 is 0 Å². The Balaban J connectivity index is 1.46. The van der Waals surface area contributed by atoms with Crippen LogP contribution in [0.1, 0.15) is 18.7 Å². The van der Waals surface area contributed by atoms with Crippen LogP contribution in [0, 0.1) is 6.92 Å². The van der Waals surface area contributed by atoms with E-state index in [1.54, 1.807) is 18.5 Å². The third kappa shape index (κ3) is 3.92. The van der Waals surface area contributed by atoms with E-state index in [1.807, 2.05) is 25.1 Å². The van der Waals surface area contributed by atoms with Gasteiger partial charge in [-0.05, 0) is 37.6 Å². The van der Waals surface area contributed by atoms with Gasteiger partial charge < -0.3 is 19.8 Å². The van der Waals surface area contributed by atoms with Crippen molar-refractivity contribution in [1.82, 2.24) is 30.2 Å². The molecule has 1 fully saturated rings. The predicted molar refractivity (Wildman–Crippen MR) is 111 cm³/mol. The Morgan fingerprint density at radius 2 is 2.20 bits per heavy atom. The largest absolute Gasteiger partial charge is 0.441 e. The maximum Gasteiger partial charge on any atom is 0.246 e. The molecule has 1 aliphatic heterocycles. The summed E-state index contributed by atoms with van der Waals surface area (Å²) in [7, 11) is 0. The lowest BCUT2D eigenvalue weighted by Crippen LogP contribution is -2.29. The highest BCUT2D eigenvalue weighted by Gasteiger charge is 2.17. The molecule has 0 aliphatic carbocycles. The Labute approximate surface area is 173 Å². The van der Waals surface area contributed by atoms with Crippen molar-refractivity contribution in [3.8, 4) is 23.1 Å². The molecule has 1 aromatic carbocycles. The summed E-state index contributed by atoms with van der Waals surface area (Å²) in [5, 5.41) is 6.89. The molecule has 30 heavy (non-hydrogen) atoms. The number of hydrogen-bond acceptors (Lipinski definition) is 9. The van der Waals surface area contributed by atoms with Crippen LogP contribution in [0.2, 0.25) is 0 Å². The monoisotopic (exact) mass is 403 g/mol. The molecule has 1 aliphatic rings. The van der Waals surface area contributed by atoms with Gasteiger partial charge in [0.25, 0.3) is 0 Å². The van der Waals surface area contributed by atoms with E-state index < -0.39 is 0 Å². The quantitative estimate of drug-likeness (QED) is 0.501. The lowest BCUT2D eigenvalue weighted by molar-refractivity contribution is 0.462. The summed E-state index contributed by atoms with van der Waals surface area (Å²) in [6, 6.07) is 7.71. The molecule has 2 N–H and O–H groups in total. The SMILES string of the molecule is Cc1nc2ccc(Oc3nc(-c4ccncn4)ncc3NC[C@@H]3CCCN3)cc2o1. The first-order chi connectivity index (χ1) is 14.7. The van der Waals surface area contributed by atoms with Crippen molar-refractivity contribution in [1.29, 1.82) is 0 Å². The molecule has 9 nitrogen and oxygen atoms in total. The number of oxazole rings is 1. The molecule has 0 saturated carbocycles. The molecular weight excluding hydrogens is 382 g/mol. The van der Waals surface area contributed by atoms with Crippen LogP contribution in [0.25, 0.3) is 22.6 Å². The fourth-order valence-electron chi connectivity index (χ4n) is 3.47. The maximum absolute atomic E-state index is 6.14. The zero-order valence-corrected chi connectivity index (χ0v) is 16.5. The first-order valence-corrected chi connectivity index (χ1v) is 9.90. The first kappa shape index (κ1) is 18.4. The molecule has 0 unspecified atom stereocenters. The van der Waals surface area contributed by atoms with E-state index in [2.05, 4.69) is 35.6 Å². The molecule has 0 bridgehead atoms. The minimum atomic E-state index is 0.423. The van der Waals surface area contributed by atoms with Gasteiger partial charge in [-0.15, -0.1) is 0 Å². The molecule has 9 heteroatoms. The van der Waals surface area contributed by atoms with E-state index in [9.17, 15) is 0 Å². The smallest absolute Gasteiger partial charge is 0.246 e. The topological polar surface area (TPSA) is 111 Å². The number of fused-ring (bicyclic) bond motifs is 1. The highest BCUT2D eigenvalue weighted by atomic mass is 16.5. The molecule has 4 aromatic rings. The Kier molecular flexibility index (Phi) is 4.94. The van der Waals surface area contributed by atoms with E-state index >= 15 is 0 Å². The normalized spacial score (nSPS) is 16.1. The highest BCUT2D eigenvalue weighted by molar-refractivity contribution is 5.74. The molecular formula is C21H21N7O2. The molecule has 0 radical (unpaired) electrons. The van der Waals surface area contributed by atoms with Crippen LogP contribution in [0.5, 0.6) is 11.6 Å². The Morgan fingerprint density at radius 1 is 1.23 bits per heavy atom. The minimum Gasteiger partial charge on any atom is -0.441 e. The summed E-state index contributed by atoms with van der Waals surface area (Å²) in [6.07, 6.45) is 7.19. The van der Waals surface area contributed by atoms with Crippen molar-refractivity contribution in [2.45, 2.75) is 25.8 Å². The van der Waals surface area contributed by atoms with Crippen molar-refractivity contribution in [2.75, 3.05) is 18.4 Å². The van der Waals surface area contributed by atoms with Gasteiger partial charge in [-0.2, -0.15) is 4.98 Å². The lowest BCUT2D eigenvalue weighted by Gasteiger charge is -2.15. The second kappa shape index (κ2) is 8.03. The molecule has 0 spiro atoms. The number of rotatable bonds is 6. The molecule has 5 rings (SSSR count). The number of nitrogens with one attached hydrogen (secondary N) is 2. The number of ether oxygens (including phenoxy) is 1. The van der Waals surface area contributed by atoms with Crippen molar-refractivity contribution >= 4 is 16.8 Å². The van der Waals surface area contributed by atoms with E-state index in [0.29, 0.717) is 40.7 Å². The van der Waals surface area contributed by atoms with Crippen LogP contribution in [0.4, 0.5) is 5.69 Å². The third-order valence-electron chi connectivity index (χ3n) is 4.95. The number of aryl methyl sites for hydroxylation is 1. The first-order valence-electron chi connectivity index (χ1n) is 9.90. The second-order valence-corrected chi connectivity index (χ2v) is 7.15. The summed E-state index contributed by atoms with van der Waals surface area (Å²) in [5.41, 5.74) is 2.80. The number of nitrogens with zero attached hydrogens (tertiary/aromatic N) is 5. The Hall–Kier alpha value is -3.59. The number of anilines is 1. The number of benzene rings is 1. The molecule has 1 saturated heterocycles. The molecule has 3 aromatic heterocycles. The minimum absolute atomic E-state index is 0.423. The molecule has 152 valence electrons. The van der Waals surface area contributed by atoms with Crippen molar-refractivity contribution in [3.63, 3.8) is 0 Å². The van der Waals surface area contributed by atoms with Crippen molar-refractivity contribution in [2.24, 2.45) is 0 Å². The van der Waals surface area contributed by atoms with Crippen LogP contribution in [-0.4, -0.2) is 44.1 Å². The summed E-state index contributed by atoms with van der Waals surface area (Å²) in [4.78, 5) is 21.6. The molecule has 1 atom stereocenters. The Morgan fingerprint density at radius 3 is 3.03 bits per heavy atom. The highest BCUT2D eigenvalue weighted by Crippen LogP contribution is 2.31. The number of aromatic nitrogens is 5. The standard InChI is InChI=1S/C21H21N7O2/c1-13-27-16-5-4-15(9-19(16)29-13)30-21-18(24-10-14-3-2-7-23-14)11-25-20(28-21)17-6-8-22-12-26-17/h4-6,8-9,11-12,14,23-24H,2-3,7,10H2,1H3/t14-/m0/s1. The maximum atomic E-state index is 6.14. The fraction of sp³-hybridized carbons (Fsp3) is 0.286. The predicted octanol–water partition coefficient (Wildman–Crippen LogP) is 3.34. The third-order valence-corrected chi connectivity index (χ3v) is 4.95. The van der Waals surface area contributed by atoms with Gasteiger partial charge >= 0.3 is 0 Å². The lowest BCUT2D eigenvalue weighted by atomic mass is 10.2. The van der Waals surface area contributed by atoms with Crippen molar-refractivity contribution < 1.29 is 9.15 Å². The average molecular weight is 403 g/mol. The van der Waals surface area contributed by atoms with Gasteiger partial charge in [0.2, 0.25) is 5.88 Å². The Bertz CT molecular complexity index is 1160. The van der Waals surface area contributed by atoms with Crippen LogP contribution in [0.3, 0.4) is 0 Å². The zero-order valence-electron chi connectivity index (χ0n) is 16.5. The van der Waals surface area contributed by atoms with Gasteiger partial charge in [0.05, 0.1) is 6.20 Å². The van der Waals surface area contributed by atoms with Crippen LogP contribution in [0.15, 0.2) is 47.4 Å².